The Kier molecular flexibility index (Phi) is 4.81. The van der Waals surface area contributed by atoms with E-state index in [0.29, 0.717) is 13.1 Å². The van der Waals surface area contributed by atoms with E-state index >= 15 is 0 Å². The van der Waals surface area contributed by atoms with Crippen molar-refractivity contribution in [1.29, 1.82) is 5.41 Å². The summed E-state index contributed by atoms with van der Waals surface area (Å²) in [6.07, 6.45) is 0. The molecule has 0 saturated carbocycles. The van der Waals surface area contributed by atoms with E-state index in [4.69, 9.17) is 17.2 Å². The standard InChI is InChI=1S/C13H18ClN5O/c1-2-18-7-8-19(12(20)9-18)11-5-3-10(4-6-11)16-13(15)17-14/h3-6H,2,7-9H2,1H3,(H3,15,16,17). The van der Waals surface area contributed by atoms with Gasteiger partial charge in [-0.15, -0.1) is 0 Å². The molecule has 6 nitrogen and oxygen atoms in total. The van der Waals surface area contributed by atoms with Gasteiger partial charge in [0.2, 0.25) is 11.9 Å². The highest BCUT2D eigenvalue weighted by atomic mass is 35.5. The van der Waals surface area contributed by atoms with Crippen LogP contribution in [-0.4, -0.2) is 42.9 Å². The van der Waals surface area contributed by atoms with Crippen molar-refractivity contribution in [3.63, 3.8) is 0 Å². The van der Waals surface area contributed by atoms with Gasteiger partial charge in [0.1, 0.15) is 0 Å². The molecule has 1 saturated heterocycles. The molecule has 1 aliphatic rings. The molecule has 0 radical (unpaired) electrons. The number of guanidine groups is 1. The second kappa shape index (κ2) is 6.58. The predicted molar refractivity (Wildman–Crippen MR) is 81.2 cm³/mol. The number of carbonyl (C=O) groups excluding carboxylic acids is 1. The normalized spacial score (nSPS) is 16.1. The Balaban J connectivity index is 2.03. The molecule has 0 spiro atoms. The first-order valence-electron chi connectivity index (χ1n) is 6.49. The quantitative estimate of drug-likeness (QED) is 0.448. The molecule has 0 aromatic heterocycles. The van der Waals surface area contributed by atoms with Crippen molar-refractivity contribution in [2.45, 2.75) is 6.92 Å². The first kappa shape index (κ1) is 14.6. The number of benzene rings is 1. The average Bonchev–Trinajstić information content (AvgIpc) is 2.48. The van der Waals surface area contributed by atoms with E-state index in [2.05, 4.69) is 22.0 Å². The zero-order valence-electron chi connectivity index (χ0n) is 11.3. The zero-order chi connectivity index (χ0) is 14.5. The van der Waals surface area contributed by atoms with Crippen LogP contribution in [0.2, 0.25) is 0 Å². The van der Waals surface area contributed by atoms with Crippen molar-refractivity contribution >= 4 is 35.0 Å². The maximum atomic E-state index is 12.1. The molecular formula is C13H18ClN5O. The van der Waals surface area contributed by atoms with E-state index in [1.165, 1.54) is 0 Å². The molecule has 0 unspecified atom stereocenters. The first-order chi connectivity index (χ1) is 9.63. The monoisotopic (exact) mass is 295 g/mol. The Labute approximate surface area is 123 Å². The lowest BCUT2D eigenvalue weighted by atomic mass is 10.2. The van der Waals surface area contributed by atoms with Crippen LogP contribution < -0.4 is 15.1 Å². The fourth-order valence-corrected chi connectivity index (χ4v) is 2.20. The molecule has 0 atom stereocenters. The molecule has 1 heterocycles. The molecule has 1 fully saturated rings. The van der Waals surface area contributed by atoms with Gasteiger partial charge in [-0.1, -0.05) is 6.92 Å². The Hall–Kier alpha value is -1.79. The molecule has 0 aliphatic carbocycles. The minimum Gasteiger partial charge on any atom is -0.326 e. The van der Waals surface area contributed by atoms with Crippen LogP contribution >= 0.6 is 11.8 Å². The molecule has 3 N–H and O–H groups in total. The number of nitrogens with one attached hydrogen (secondary N) is 3. The molecule has 1 amide bonds. The average molecular weight is 296 g/mol. The summed E-state index contributed by atoms with van der Waals surface area (Å²) < 4.78 is 0. The third-order valence-corrected chi connectivity index (χ3v) is 3.48. The molecule has 2 rings (SSSR count). The van der Waals surface area contributed by atoms with Crippen LogP contribution in [0.3, 0.4) is 0 Å². The fraction of sp³-hybridized carbons (Fsp3) is 0.385. The van der Waals surface area contributed by atoms with E-state index in [1.54, 1.807) is 4.90 Å². The summed E-state index contributed by atoms with van der Waals surface area (Å²) in [6.45, 7) is 5.03. The molecule has 1 aromatic rings. The third kappa shape index (κ3) is 3.40. The maximum absolute atomic E-state index is 12.1. The summed E-state index contributed by atoms with van der Waals surface area (Å²) in [4.78, 5) is 18.2. The van der Waals surface area contributed by atoms with Crippen molar-refractivity contribution in [1.82, 2.24) is 9.74 Å². The van der Waals surface area contributed by atoms with Gasteiger partial charge in [-0.2, -0.15) is 0 Å². The summed E-state index contributed by atoms with van der Waals surface area (Å²) >= 11 is 5.31. The zero-order valence-corrected chi connectivity index (χ0v) is 12.1. The molecule has 1 aromatic carbocycles. The highest BCUT2D eigenvalue weighted by Crippen LogP contribution is 2.20. The van der Waals surface area contributed by atoms with Crippen LogP contribution in [0.1, 0.15) is 6.92 Å². The van der Waals surface area contributed by atoms with Crippen molar-refractivity contribution in [3.8, 4) is 0 Å². The van der Waals surface area contributed by atoms with Crippen LogP contribution in [0.5, 0.6) is 0 Å². The summed E-state index contributed by atoms with van der Waals surface area (Å²) in [5.74, 6) is 0.126. The summed E-state index contributed by atoms with van der Waals surface area (Å²) in [6, 6.07) is 7.36. The van der Waals surface area contributed by atoms with Crippen LogP contribution in [0, 0.1) is 5.41 Å². The van der Waals surface area contributed by atoms with Crippen LogP contribution in [0.4, 0.5) is 11.4 Å². The van der Waals surface area contributed by atoms with Gasteiger partial charge in [-0.25, -0.2) is 0 Å². The van der Waals surface area contributed by atoms with Crippen LogP contribution in [0.25, 0.3) is 0 Å². The van der Waals surface area contributed by atoms with Gasteiger partial charge in [0.05, 0.1) is 6.54 Å². The molecular weight excluding hydrogens is 278 g/mol. The second-order valence-electron chi connectivity index (χ2n) is 4.56. The minimum atomic E-state index is 0.00653. The van der Waals surface area contributed by atoms with E-state index in [9.17, 15) is 4.79 Å². The number of nitrogens with zero attached hydrogens (tertiary/aromatic N) is 2. The highest BCUT2D eigenvalue weighted by molar-refractivity contribution is 6.23. The summed E-state index contributed by atoms with van der Waals surface area (Å²) in [5.41, 5.74) is 1.62. The van der Waals surface area contributed by atoms with Crippen molar-refractivity contribution < 1.29 is 4.79 Å². The topological polar surface area (TPSA) is 71.5 Å². The van der Waals surface area contributed by atoms with Gasteiger partial charge in [-0.05, 0) is 30.8 Å². The number of hydrogen-bond donors (Lipinski definition) is 3. The SMILES string of the molecule is CCN1CCN(c2ccc(NC(=N)NCl)cc2)C(=O)C1. The Bertz CT molecular complexity index is 490. The van der Waals surface area contributed by atoms with Crippen LogP contribution in [-0.2, 0) is 4.79 Å². The number of amides is 1. The van der Waals surface area contributed by atoms with Gasteiger partial charge in [0.25, 0.3) is 0 Å². The largest absolute Gasteiger partial charge is 0.326 e. The van der Waals surface area contributed by atoms with Gasteiger partial charge in [0, 0.05) is 36.2 Å². The van der Waals surface area contributed by atoms with E-state index in [1.807, 2.05) is 24.3 Å². The van der Waals surface area contributed by atoms with E-state index in [0.717, 1.165) is 24.5 Å². The number of hydrogen-bond acceptors (Lipinski definition) is 3. The van der Waals surface area contributed by atoms with Gasteiger partial charge in [0.15, 0.2) is 0 Å². The lowest BCUT2D eigenvalue weighted by Gasteiger charge is -2.33. The maximum Gasteiger partial charge on any atom is 0.241 e. The van der Waals surface area contributed by atoms with Crippen molar-refractivity contribution in [2.24, 2.45) is 0 Å². The number of halogens is 1. The number of piperazine rings is 1. The minimum absolute atomic E-state index is 0.00653. The number of likely N-dealkylation sites (N-methyl/N-ethyl adjacent to an activating group) is 1. The van der Waals surface area contributed by atoms with Crippen molar-refractivity contribution in [2.75, 3.05) is 36.4 Å². The molecule has 7 heteroatoms. The highest BCUT2D eigenvalue weighted by Gasteiger charge is 2.23. The first-order valence-corrected chi connectivity index (χ1v) is 6.87. The third-order valence-electron chi connectivity index (χ3n) is 3.29. The van der Waals surface area contributed by atoms with E-state index in [-0.39, 0.29) is 11.9 Å². The number of anilines is 2. The summed E-state index contributed by atoms with van der Waals surface area (Å²) in [7, 11) is 0. The Morgan fingerprint density at radius 1 is 1.35 bits per heavy atom. The number of carbonyl (C=O) groups is 1. The van der Waals surface area contributed by atoms with Gasteiger partial charge in [-0.3, -0.25) is 19.9 Å². The lowest BCUT2D eigenvalue weighted by Crippen LogP contribution is -2.50. The molecule has 108 valence electrons. The Morgan fingerprint density at radius 3 is 2.60 bits per heavy atom. The smallest absolute Gasteiger partial charge is 0.241 e. The molecule has 1 aliphatic heterocycles. The second-order valence-corrected chi connectivity index (χ2v) is 4.74. The number of rotatable bonds is 3. The van der Waals surface area contributed by atoms with Gasteiger partial charge >= 0.3 is 0 Å². The fourth-order valence-electron chi connectivity index (χ4n) is 2.16. The van der Waals surface area contributed by atoms with Gasteiger partial charge < -0.3 is 10.2 Å². The van der Waals surface area contributed by atoms with E-state index < -0.39 is 0 Å². The van der Waals surface area contributed by atoms with Crippen LogP contribution in [0.15, 0.2) is 24.3 Å². The lowest BCUT2D eigenvalue weighted by molar-refractivity contribution is -0.121. The molecule has 20 heavy (non-hydrogen) atoms. The van der Waals surface area contributed by atoms with Crippen molar-refractivity contribution in [3.05, 3.63) is 24.3 Å². The Morgan fingerprint density at radius 2 is 2.05 bits per heavy atom. The predicted octanol–water partition coefficient (Wildman–Crippen LogP) is 1.45. The summed E-state index contributed by atoms with van der Waals surface area (Å²) in [5, 5.41) is 10.2. The molecule has 0 bridgehead atoms.